The summed E-state index contributed by atoms with van der Waals surface area (Å²) in [6, 6.07) is 3.22. The highest BCUT2D eigenvalue weighted by Crippen LogP contribution is 2.32. The van der Waals surface area contributed by atoms with E-state index in [-0.39, 0.29) is 5.92 Å². The summed E-state index contributed by atoms with van der Waals surface area (Å²) in [6.45, 7) is 0. The summed E-state index contributed by atoms with van der Waals surface area (Å²) in [6.07, 6.45) is 5.83. The SMILES string of the molecule is OC(c1cc(F)cc(F)c1)C1CC=CCC1. The lowest BCUT2D eigenvalue weighted by Crippen LogP contribution is -2.14. The first-order valence-electron chi connectivity index (χ1n) is 5.46. The lowest BCUT2D eigenvalue weighted by Gasteiger charge is -2.24. The van der Waals surface area contributed by atoms with Gasteiger partial charge in [0.1, 0.15) is 11.6 Å². The van der Waals surface area contributed by atoms with E-state index in [2.05, 4.69) is 6.08 Å². The molecular formula is C13H14F2O. The molecule has 1 aliphatic rings. The highest BCUT2D eigenvalue weighted by molar-refractivity contribution is 5.21. The zero-order chi connectivity index (χ0) is 11.5. The molecule has 2 unspecified atom stereocenters. The molecule has 86 valence electrons. The van der Waals surface area contributed by atoms with Crippen molar-refractivity contribution in [3.05, 3.63) is 47.5 Å². The number of aliphatic hydroxyl groups is 1. The van der Waals surface area contributed by atoms with Crippen molar-refractivity contribution in [3.63, 3.8) is 0 Å². The molecule has 1 aliphatic carbocycles. The Morgan fingerprint density at radius 2 is 1.81 bits per heavy atom. The van der Waals surface area contributed by atoms with E-state index >= 15 is 0 Å². The Bertz CT molecular complexity index is 381. The molecule has 0 fully saturated rings. The predicted octanol–water partition coefficient (Wildman–Crippen LogP) is 3.35. The van der Waals surface area contributed by atoms with E-state index in [4.69, 9.17) is 0 Å². The van der Waals surface area contributed by atoms with Gasteiger partial charge < -0.3 is 5.11 Å². The Balaban J connectivity index is 2.19. The fourth-order valence-corrected chi connectivity index (χ4v) is 2.12. The first-order chi connectivity index (χ1) is 7.66. The average molecular weight is 224 g/mol. The number of aliphatic hydroxyl groups excluding tert-OH is 1. The van der Waals surface area contributed by atoms with Crippen LogP contribution >= 0.6 is 0 Å². The molecule has 0 saturated heterocycles. The summed E-state index contributed by atoms with van der Waals surface area (Å²) in [7, 11) is 0. The molecule has 0 heterocycles. The van der Waals surface area contributed by atoms with Gasteiger partial charge in [0.05, 0.1) is 6.10 Å². The molecule has 1 N–H and O–H groups in total. The Morgan fingerprint density at radius 1 is 1.12 bits per heavy atom. The topological polar surface area (TPSA) is 20.2 Å². The number of allylic oxidation sites excluding steroid dienone is 2. The summed E-state index contributed by atoms with van der Waals surface area (Å²) in [5.41, 5.74) is 0.331. The van der Waals surface area contributed by atoms with Crippen LogP contribution in [0.3, 0.4) is 0 Å². The molecule has 0 aromatic heterocycles. The standard InChI is InChI=1S/C13H14F2O/c14-11-6-10(7-12(15)8-11)13(16)9-4-2-1-3-5-9/h1-2,6-9,13,16H,3-5H2. The van der Waals surface area contributed by atoms with E-state index in [1.165, 1.54) is 12.1 Å². The van der Waals surface area contributed by atoms with E-state index in [9.17, 15) is 13.9 Å². The molecule has 2 atom stereocenters. The summed E-state index contributed by atoms with van der Waals surface area (Å²) in [5.74, 6) is -1.22. The third-order valence-corrected chi connectivity index (χ3v) is 2.98. The van der Waals surface area contributed by atoms with Crippen molar-refractivity contribution in [1.29, 1.82) is 0 Å². The van der Waals surface area contributed by atoms with E-state index in [1.807, 2.05) is 6.08 Å². The van der Waals surface area contributed by atoms with E-state index in [0.29, 0.717) is 5.56 Å². The molecule has 0 amide bonds. The van der Waals surface area contributed by atoms with Crippen molar-refractivity contribution in [2.45, 2.75) is 25.4 Å². The fourth-order valence-electron chi connectivity index (χ4n) is 2.12. The van der Waals surface area contributed by atoms with E-state index < -0.39 is 17.7 Å². The molecule has 3 heteroatoms. The highest BCUT2D eigenvalue weighted by atomic mass is 19.1. The van der Waals surface area contributed by atoms with Crippen LogP contribution in [0, 0.1) is 17.6 Å². The summed E-state index contributed by atoms with van der Waals surface area (Å²) in [5, 5.41) is 10.0. The zero-order valence-corrected chi connectivity index (χ0v) is 8.87. The van der Waals surface area contributed by atoms with E-state index in [1.54, 1.807) is 0 Å². The average Bonchev–Trinajstić information content (AvgIpc) is 2.28. The molecule has 1 aromatic carbocycles. The Hall–Kier alpha value is -1.22. The van der Waals surface area contributed by atoms with Gasteiger partial charge in [-0.3, -0.25) is 0 Å². The minimum Gasteiger partial charge on any atom is -0.388 e. The van der Waals surface area contributed by atoms with Crippen LogP contribution in [0.4, 0.5) is 8.78 Å². The third kappa shape index (κ3) is 2.47. The summed E-state index contributed by atoms with van der Waals surface area (Å²) < 4.78 is 26.0. The van der Waals surface area contributed by atoms with Gasteiger partial charge >= 0.3 is 0 Å². The monoisotopic (exact) mass is 224 g/mol. The van der Waals surface area contributed by atoms with Crippen molar-refractivity contribution >= 4 is 0 Å². The molecule has 0 spiro atoms. The molecule has 0 radical (unpaired) electrons. The van der Waals surface area contributed by atoms with Gasteiger partial charge in [0.2, 0.25) is 0 Å². The normalized spacial score (nSPS) is 22.1. The second-order valence-electron chi connectivity index (χ2n) is 4.19. The maximum Gasteiger partial charge on any atom is 0.126 e. The minimum absolute atomic E-state index is 0.0613. The Kier molecular flexibility index (Phi) is 3.34. The van der Waals surface area contributed by atoms with Crippen LogP contribution in [-0.4, -0.2) is 5.11 Å². The van der Waals surface area contributed by atoms with Crippen LogP contribution in [0.5, 0.6) is 0 Å². The van der Waals surface area contributed by atoms with Crippen molar-refractivity contribution in [3.8, 4) is 0 Å². The van der Waals surface area contributed by atoms with Crippen LogP contribution in [0.15, 0.2) is 30.4 Å². The first kappa shape index (κ1) is 11.3. The van der Waals surface area contributed by atoms with Crippen LogP contribution < -0.4 is 0 Å². The smallest absolute Gasteiger partial charge is 0.126 e. The Morgan fingerprint density at radius 3 is 2.38 bits per heavy atom. The summed E-state index contributed by atoms with van der Waals surface area (Å²) in [4.78, 5) is 0. The quantitative estimate of drug-likeness (QED) is 0.764. The number of halogens is 2. The van der Waals surface area contributed by atoms with Gasteiger partial charge in [0, 0.05) is 6.07 Å². The first-order valence-corrected chi connectivity index (χ1v) is 5.46. The van der Waals surface area contributed by atoms with Crippen molar-refractivity contribution in [2.75, 3.05) is 0 Å². The molecule has 0 saturated carbocycles. The molecule has 2 rings (SSSR count). The molecule has 0 aliphatic heterocycles. The number of benzene rings is 1. The Labute approximate surface area is 93.4 Å². The minimum atomic E-state index is -0.782. The predicted molar refractivity (Wildman–Crippen MR) is 57.8 cm³/mol. The second-order valence-corrected chi connectivity index (χ2v) is 4.19. The molecule has 16 heavy (non-hydrogen) atoms. The maximum atomic E-state index is 13.0. The lowest BCUT2D eigenvalue weighted by atomic mass is 9.86. The van der Waals surface area contributed by atoms with Gasteiger partial charge in [-0.25, -0.2) is 8.78 Å². The molecule has 1 nitrogen and oxygen atoms in total. The maximum absolute atomic E-state index is 13.0. The number of hydrogen-bond acceptors (Lipinski definition) is 1. The van der Waals surface area contributed by atoms with Gasteiger partial charge in [-0.2, -0.15) is 0 Å². The summed E-state index contributed by atoms with van der Waals surface area (Å²) >= 11 is 0. The zero-order valence-electron chi connectivity index (χ0n) is 8.87. The van der Waals surface area contributed by atoms with Crippen LogP contribution in [0.2, 0.25) is 0 Å². The second kappa shape index (κ2) is 4.74. The number of hydrogen-bond donors (Lipinski definition) is 1. The van der Waals surface area contributed by atoms with E-state index in [0.717, 1.165) is 25.3 Å². The fraction of sp³-hybridized carbons (Fsp3) is 0.385. The van der Waals surface area contributed by atoms with Gasteiger partial charge in [0.15, 0.2) is 0 Å². The van der Waals surface area contributed by atoms with Crippen molar-refractivity contribution in [2.24, 2.45) is 5.92 Å². The molecular weight excluding hydrogens is 210 g/mol. The molecule has 1 aromatic rings. The van der Waals surface area contributed by atoms with Crippen molar-refractivity contribution < 1.29 is 13.9 Å². The van der Waals surface area contributed by atoms with Gasteiger partial charge in [0.25, 0.3) is 0 Å². The largest absolute Gasteiger partial charge is 0.388 e. The van der Waals surface area contributed by atoms with Gasteiger partial charge in [-0.1, -0.05) is 12.2 Å². The van der Waals surface area contributed by atoms with Crippen LogP contribution in [-0.2, 0) is 0 Å². The lowest BCUT2D eigenvalue weighted by molar-refractivity contribution is 0.102. The molecule has 0 bridgehead atoms. The van der Waals surface area contributed by atoms with Crippen LogP contribution in [0.1, 0.15) is 30.9 Å². The highest BCUT2D eigenvalue weighted by Gasteiger charge is 2.21. The third-order valence-electron chi connectivity index (χ3n) is 2.98. The van der Waals surface area contributed by atoms with Crippen LogP contribution in [0.25, 0.3) is 0 Å². The van der Waals surface area contributed by atoms with Gasteiger partial charge in [-0.15, -0.1) is 0 Å². The van der Waals surface area contributed by atoms with Gasteiger partial charge in [-0.05, 0) is 42.9 Å². The number of rotatable bonds is 2. The van der Waals surface area contributed by atoms with Crippen molar-refractivity contribution in [1.82, 2.24) is 0 Å².